The lowest BCUT2D eigenvalue weighted by Gasteiger charge is -2.25. The van der Waals surface area contributed by atoms with Crippen molar-refractivity contribution in [2.75, 3.05) is 10.4 Å². The molecule has 0 unspecified atom stereocenters. The first kappa shape index (κ1) is 13.2. The highest BCUT2D eigenvalue weighted by Crippen LogP contribution is 2.34. The molecule has 3 aromatic carbocycles. The average molecular weight is 276 g/mol. The lowest BCUT2D eigenvalue weighted by atomic mass is 10.2. The second-order valence-corrected chi connectivity index (χ2v) is 4.67. The van der Waals surface area contributed by atoms with Crippen molar-refractivity contribution >= 4 is 22.7 Å². The molecule has 0 heterocycles. The van der Waals surface area contributed by atoms with Gasteiger partial charge >= 0.3 is 0 Å². The van der Waals surface area contributed by atoms with E-state index in [1.54, 1.807) is 0 Å². The highest BCUT2D eigenvalue weighted by molar-refractivity contribution is 5.76. The normalized spacial score (nSPS) is 10.1. The Morgan fingerprint density at radius 3 is 1.43 bits per heavy atom. The van der Waals surface area contributed by atoms with Crippen LogP contribution in [0.1, 0.15) is 0 Å². The summed E-state index contributed by atoms with van der Waals surface area (Å²) in [5.74, 6) is 0. The van der Waals surface area contributed by atoms with E-state index in [-0.39, 0.29) is 0 Å². The zero-order valence-electron chi connectivity index (χ0n) is 11.5. The van der Waals surface area contributed by atoms with E-state index < -0.39 is 0 Å². The second-order valence-electron chi connectivity index (χ2n) is 4.67. The van der Waals surface area contributed by atoms with Crippen LogP contribution in [0.2, 0.25) is 0 Å². The maximum Gasteiger partial charge on any atom is 0.0603 e. The first-order valence-electron chi connectivity index (χ1n) is 6.79. The zero-order chi connectivity index (χ0) is 14.5. The molecule has 0 spiro atoms. The van der Waals surface area contributed by atoms with Crippen molar-refractivity contribution in [2.24, 2.45) is 0 Å². The molecule has 3 rings (SSSR count). The van der Waals surface area contributed by atoms with Crippen molar-refractivity contribution in [2.45, 2.75) is 0 Å². The summed E-state index contributed by atoms with van der Waals surface area (Å²) < 4.78 is 0. The van der Waals surface area contributed by atoms with Crippen LogP contribution in [-0.4, -0.2) is 5.21 Å². The van der Waals surface area contributed by atoms with E-state index in [1.807, 2.05) is 60.7 Å². The molecule has 0 saturated carbocycles. The Balaban J connectivity index is 2.07. The van der Waals surface area contributed by atoms with Gasteiger partial charge in [0, 0.05) is 17.1 Å². The third kappa shape index (κ3) is 2.88. The van der Waals surface area contributed by atoms with Gasteiger partial charge in [-0.25, -0.2) is 0 Å². The minimum Gasteiger partial charge on any atom is -0.311 e. The Morgan fingerprint density at radius 1 is 0.571 bits per heavy atom. The smallest absolute Gasteiger partial charge is 0.0603 e. The number of nitrogens with zero attached hydrogens (tertiary/aromatic N) is 1. The molecule has 0 aliphatic carbocycles. The molecule has 0 atom stereocenters. The average Bonchev–Trinajstić information content (AvgIpc) is 2.58. The quantitative estimate of drug-likeness (QED) is 0.661. The summed E-state index contributed by atoms with van der Waals surface area (Å²) in [5.41, 5.74) is 6.04. The highest BCUT2D eigenvalue weighted by atomic mass is 16.5. The van der Waals surface area contributed by atoms with E-state index in [0.29, 0.717) is 5.69 Å². The van der Waals surface area contributed by atoms with Gasteiger partial charge < -0.3 is 4.90 Å². The molecule has 3 heteroatoms. The summed E-state index contributed by atoms with van der Waals surface area (Å²) in [6.07, 6.45) is 0. The van der Waals surface area contributed by atoms with Gasteiger partial charge in [0.15, 0.2) is 0 Å². The number of anilines is 4. The fraction of sp³-hybridized carbons (Fsp3) is 0. The van der Waals surface area contributed by atoms with Crippen molar-refractivity contribution in [1.29, 1.82) is 0 Å². The monoisotopic (exact) mass is 276 g/mol. The Bertz CT molecular complexity index is 642. The summed E-state index contributed by atoms with van der Waals surface area (Å²) in [6, 6.07) is 28.0. The Hall–Kier alpha value is -2.78. The summed E-state index contributed by atoms with van der Waals surface area (Å²) >= 11 is 0. The van der Waals surface area contributed by atoms with Gasteiger partial charge in [0.05, 0.1) is 5.69 Å². The minimum atomic E-state index is 0.667. The Morgan fingerprint density at radius 2 is 1.00 bits per heavy atom. The van der Waals surface area contributed by atoms with Crippen LogP contribution in [0.5, 0.6) is 0 Å². The summed E-state index contributed by atoms with van der Waals surface area (Å²) in [7, 11) is 0. The van der Waals surface area contributed by atoms with Gasteiger partial charge in [-0.15, -0.1) is 0 Å². The van der Waals surface area contributed by atoms with E-state index >= 15 is 0 Å². The molecular weight excluding hydrogens is 260 g/mol. The number of hydrogen-bond acceptors (Lipinski definition) is 3. The number of hydrogen-bond donors (Lipinski definition) is 2. The van der Waals surface area contributed by atoms with Crippen LogP contribution in [0.4, 0.5) is 22.7 Å². The third-order valence-corrected chi connectivity index (χ3v) is 3.28. The van der Waals surface area contributed by atoms with E-state index in [2.05, 4.69) is 34.6 Å². The molecule has 0 aliphatic heterocycles. The van der Waals surface area contributed by atoms with Crippen LogP contribution >= 0.6 is 0 Å². The standard InChI is InChI=1S/C18H16N2O/c21-19-15-11-13-18(14-12-15)20(16-7-3-1-4-8-16)17-9-5-2-6-10-17/h1-14,19,21H. The van der Waals surface area contributed by atoms with Crippen LogP contribution in [0.15, 0.2) is 84.9 Å². The molecule has 3 aromatic rings. The van der Waals surface area contributed by atoms with E-state index in [9.17, 15) is 0 Å². The number of benzene rings is 3. The van der Waals surface area contributed by atoms with Gasteiger partial charge in [0.1, 0.15) is 0 Å². The van der Waals surface area contributed by atoms with Gasteiger partial charge in [-0.1, -0.05) is 36.4 Å². The van der Waals surface area contributed by atoms with Crippen LogP contribution in [-0.2, 0) is 0 Å². The van der Waals surface area contributed by atoms with Gasteiger partial charge in [0.2, 0.25) is 0 Å². The maximum atomic E-state index is 8.94. The molecule has 0 aliphatic rings. The lowest BCUT2D eigenvalue weighted by Crippen LogP contribution is -2.09. The molecule has 0 bridgehead atoms. The molecule has 2 N–H and O–H groups in total. The van der Waals surface area contributed by atoms with E-state index in [4.69, 9.17) is 5.21 Å². The second kappa shape index (κ2) is 6.11. The molecule has 0 aromatic heterocycles. The molecule has 104 valence electrons. The first-order chi connectivity index (χ1) is 10.4. The van der Waals surface area contributed by atoms with Gasteiger partial charge in [-0.2, -0.15) is 0 Å². The van der Waals surface area contributed by atoms with Crippen molar-refractivity contribution in [1.82, 2.24) is 0 Å². The number of para-hydroxylation sites is 2. The topological polar surface area (TPSA) is 35.5 Å². The predicted octanol–water partition coefficient (Wildman–Crippen LogP) is 4.96. The van der Waals surface area contributed by atoms with Crippen molar-refractivity contribution < 1.29 is 5.21 Å². The minimum absolute atomic E-state index is 0.667. The predicted molar refractivity (Wildman–Crippen MR) is 86.5 cm³/mol. The Labute approximate surface area is 124 Å². The number of nitrogens with one attached hydrogen (secondary N) is 1. The zero-order valence-corrected chi connectivity index (χ0v) is 11.5. The Kier molecular flexibility index (Phi) is 3.85. The lowest BCUT2D eigenvalue weighted by molar-refractivity contribution is 0.389. The van der Waals surface area contributed by atoms with E-state index in [0.717, 1.165) is 17.1 Å². The molecule has 0 saturated heterocycles. The van der Waals surface area contributed by atoms with Crippen molar-refractivity contribution in [3.63, 3.8) is 0 Å². The summed E-state index contributed by atoms with van der Waals surface area (Å²) in [6.45, 7) is 0. The highest BCUT2D eigenvalue weighted by Gasteiger charge is 2.11. The maximum absolute atomic E-state index is 8.94. The van der Waals surface area contributed by atoms with Gasteiger partial charge in [-0.3, -0.25) is 10.7 Å². The first-order valence-corrected chi connectivity index (χ1v) is 6.79. The molecule has 3 nitrogen and oxygen atoms in total. The molecule has 0 amide bonds. The van der Waals surface area contributed by atoms with Gasteiger partial charge in [0.25, 0.3) is 0 Å². The fourth-order valence-corrected chi connectivity index (χ4v) is 2.29. The third-order valence-electron chi connectivity index (χ3n) is 3.28. The van der Waals surface area contributed by atoms with Crippen LogP contribution in [0, 0.1) is 0 Å². The van der Waals surface area contributed by atoms with Crippen molar-refractivity contribution in [3.8, 4) is 0 Å². The molecular formula is C18H16N2O. The molecule has 0 fully saturated rings. The van der Waals surface area contributed by atoms with Crippen molar-refractivity contribution in [3.05, 3.63) is 84.9 Å². The van der Waals surface area contributed by atoms with Gasteiger partial charge in [-0.05, 0) is 48.5 Å². The van der Waals surface area contributed by atoms with Crippen LogP contribution < -0.4 is 10.4 Å². The molecule has 21 heavy (non-hydrogen) atoms. The summed E-state index contributed by atoms with van der Waals surface area (Å²) in [4.78, 5) is 2.17. The number of rotatable bonds is 4. The fourth-order valence-electron chi connectivity index (χ4n) is 2.29. The van der Waals surface area contributed by atoms with E-state index in [1.165, 1.54) is 0 Å². The summed E-state index contributed by atoms with van der Waals surface area (Å²) in [5, 5.41) is 8.94. The molecule has 0 radical (unpaired) electrons. The van der Waals surface area contributed by atoms with Crippen LogP contribution in [0.3, 0.4) is 0 Å². The largest absolute Gasteiger partial charge is 0.311 e. The van der Waals surface area contributed by atoms with Crippen LogP contribution in [0.25, 0.3) is 0 Å². The SMILES string of the molecule is ONc1ccc(N(c2ccccc2)c2ccccc2)cc1.